The van der Waals surface area contributed by atoms with Crippen LogP contribution in [0.3, 0.4) is 0 Å². The normalized spacial score (nSPS) is 23.7. The minimum atomic E-state index is -0.263. The van der Waals surface area contributed by atoms with E-state index in [1.165, 1.54) is 12.1 Å². The molecule has 0 radical (unpaired) electrons. The summed E-state index contributed by atoms with van der Waals surface area (Å²) in [5.41, 5.74) is 0.861. The smallest absolute Gasteiger partial charge is 0.309 e. The van der Waals surface area contributed by atoms with Crippen molar-refractivity contribution in [3.05, 3.63) is 35.6 Å². The summed E-state index contributed by atoms with van der Waals surface area (Å²) in [5.74, 6) is -0.615. The lowest BCUT2D eigenvalue weighted by atomic mass is 9.81. The molecule has 0 amide bonds. The van der Waals surface area contributed by atoms with Crippen LogP contribution in [0, 0.1) is 11.7 Å². The highest BCUT2D eigenvalue weighted by molar-refractivity contribution is 5.74. The summed E-state index contributed by atoms with van der Waals surface area (Å²) in [7, 11) is 0. The fourth-order valence-electron chi connectivity index (χ4n) is 2.48. The minimum absolute atomic E-state index is 0.00602. The molecule has 0 bridgehead atoms. The molecule has 0 unspecified atom stereocenters. The van der Waals surface area contributed by atoms with Crippen molar-refractivity contribution in [1.82, 2.24) is 5.32 Å². The molecule has 0 saturated carbocycles. The van der Waals surface area contributed by atoms with Gasteiger partial charge in [0.25, 0.3) is 0 Å². The number of piperidine rings is 1. The standard InChI is InChI=1S/C14H18FNO2/c1-2-18-14(17)12-6-7-16-9-13(12)10-4-3-5-11(15)8-10/h3-5,8,12-13,16H,2,6-7,9H2,1H3/t12-,13+/m0/s1. The Balaban J connectivity index is 2.20. The molecule has 1 aliphatic heterocycles. The number of hydrogen-bond donors (Lipinski definition) is 1. The van der Waals surface area contributed by atoms with Crippen LogP contribution in [0.1, 0.15) is 24.8 Å². The van der Waals surface area contributed by atoms with Gasteiger partial charge in [0, 0.05) is 12.5 Å². The van der Waals surface area contributed by atoms with Crippen LogP contribution < -0.4 is 5.32 Å². The second-order valence-electron chi connectivity index (χ2n) is 4.51. The maximum absolute atomic E-state index is 13.3. The van der Waals surface area contributed by atoms with Gasteiger partial charge in [-0.15, -0.1) is 0 Å². The number of nitrogens with one attached hydrogen (secondary N) is 1. The highest BCUT2D eigenvalue weighted by atomic mass is 19.1. The van der Waals surface area contributed by atoms with Gasteiger partial charge in [0.2, 0.25) is 0 Å². The van der Waals surface area contributed by atoms with Crippen LogP contribution in [0.25, 0.3) is 0 Å². The zero-order valence-corrected chi connectivity index (χ0v) is 10.5. The Kier molecular flexibility index (Phi) is 4.31. The van der Waals surface area contributed by atoms with Crippen molar-refractivity contribution < 1.29 is 13.9 Å². The third-order valence-corrected chi connectivity index (χ3v) is 3.35. The number of hydrogen-bond acceptors (Lipinski definition) is 3. The van der Waals surface area contributed by atoms with Crippen molar-refractivity contribution in [2.45, 2.75) is 19.3 Å². The van der Waals surface area contributed by atoms with E-state index in [0.29, 0.717) is 13.2 Å². The predicted octanol–water partition coefficient (Wildman–Crippen LogP) is 2.08. The predicted molar refractivity (Wildman–Crippen MR) is 66.8 cm³/mol. The third-order valence-electron chi connectivity index (χ3n) is 3.35. The van der Waals surface area contributed by atoms with Crippen LogP contribution in [0.4, 0.5) is 4.39 Å². The molecule has 0 aliphatic carbocycles. The summed E-state index contributed by atoms with van der Waals surface area (Å²) < 4.78 is 18.4. The van der Waals surface area contributed by atoms with Gasteiger partial charge in [0.1, 0.15) is 5.82 Å². The van der Waals surface area contributed by atoms with E-state index in [-0.39, 0.29) is 23.6 Å². The number of carbonyl (C=O) groups is 1. The van der Waals surface area contributed by atoms with Crippen molar-refractivity contribution in [3.8, 4) is 0 Å². The van der Waals surface area contributed by atoms with Gasteiger partial charge in [-0.3, -0.25) is 4.79 Å². The number of rotatable bonds is 3. The molecule has 1 fully saturated rings. The second-order valence-corrected chi connectivity index (χ2v) is 4.51. The van der Waals surface area contributed by atoms with Crippen LogP contribution in [0.5, 0.6) is 0 Å². The topological polar surface area (TPSA) is 38.3 Å². The molecule has 18 heavy (non-hydrogen) atoms. The van der Waals surface area contributed by atoms with Gasteiger partial charge >= 0.3 is 5.97 Å². The second kappa shape index (κ2) is 5.96. The van der Waals surface area contributed by atoms with E-state index in [4.69, 9.17) is 4.74 Å². The molecule has 98 valence electrons. The molecule has 1 aromatic rings. The van der Waals surface area contributed by atoms with E-state index >= 15 is 0 Å². The van der Waals surface area contributed by atoms with Crippen molar-refractivity contribution in [2.75, 3.05) is 19.7 Å². The summed E-state index contributed by atoms with van der Waals surface area (Å²) in [6.07, 6.45) is 0.736. The zero-order valence-electron chi connectivity index (χ0n) is 10.5. The fourth-order valence-corrected chi connectivity index (χ4v) is 2.48. The van der Waals surface area contributed by atoms with E-state index in [0.717, 1.165) is 18.5 Å². The first-order valence-corrected chi connectivity index (χ1v) is 6.35. The molecule has 1 aromatic carbocycles. The Morgan fingerprint density at radius 1 is 1.56 bits per heavy atom. The lowest BCUT2D eigenvalue weighted by molar-refractivity contribution is -0.149. The monoisotopic (exact) mass is 251 g/mol. The molecule has 0 spiro atoms. The molecule has 4 heteroatoms. The van der Waals surface area contributed by atoms with E-state index in [1.54, 1.807) is 13.0 Å². The summed E-state index contributed by atoms with van der Waals surface area (Å²) in [6.45, 7) is 3.68. The Hall–Kier alpha value is -1.42. The first kappa shape index (κ1) is 13.0. The van der Waals surface area contributed by atoms with E-state index in [1.807, 2.05) is 6.07 Å². The van der Waals surface area contributed by atoms with Gasteiger partial charge in [-0.2, -0.15) is 0 Å². The number of esters is 1. The molecule has 0 aromatic heterocycles. The van der Waals surface area contributed by atoms with Gasteiger partial charge in [-0.1, -0.05) is 12.1 Å². The lowest BCUT2D eigenvalue weighted by Crippen LogP contribution is -2.39. The van der Waals surface area contributed by atoms with Crippen LogP contribution in [0.15, 0.2) is 24.3 Å². The molecular formula is C14H18FNO2. The lowest BCUT2D eigenvalue weighted by Gasteiger charge is -2.30. The number of halogens is 1. The Labute approximate surface area is 106 Å². The number of carbonyl (C=O) groups excluding carboxylic acids is 1. The van der Waals surface area contributed by atoms with Crippen molar-refractivity contribution >= 4 is 5.97 Å². The molecule has 2 rings (SSSR count). The molecule has 1 aliphatic rings. The van der Waals surface area contributed by atoms with Crippen LogP contribution >= 0.6 is 0 Å². The van der Waals surface area contributed by atoms with Crippen LogP contribution in [-0.4, -0.2) is 25.7 Å². The highest BCUT2D eigenvalue weighted by Crippen LogP contribution is 2.30. The SMILES string of the molecule is CCOC(=O)[C@H]1CCNC[C@@H]1c1cccc(F)c1. The molecule has 2 atom stereocenters. The number of benzene rings is 1. The van der Waals surface area contributed by atoms with Gasteiger partial charge < -0.3 is 10.1 Å². The number of ether oxygens (including phenoxy) is 1. The van der Waals surface area contributed by atoms with E-state index < -0.39 is 0 Å². The highest BCUT2D eigenvalue weighted by Gasteiger charge is 2.33. The zero-order chi connectivity index (χ0) is 13.0. The largest absolute Gasteiger partial charge is 0.466 e. The average Bonchev–Trinajstić information content (AvgIpc) is 2.39. The maximum Gasteiger partial charge on any atom is 0.309 e. The summed E-state index contributed by atoms with van der Waals surface area (Å²) in [4.78, 5) is 11.9. The van der Waals surface area contributed by atoms with E-state index in [9.17, 15) is 9.18 Å². The van der Waals surface area contributed by atoms with Crippen molar-refractivity contribution in [3.63, 3.8) is 0 Å². The van der Waals surface area contributed by atoms with Gasteiger partial charge in [-0.25, -0.2) is 4.39 Å². The van der Waals surface area contributed by atoms with Crippen molar-refractivity contribution in [1.29, 1.82) is 0 Å². The van der Waals surface area contributed by atoms with Crippen LogP contribution in [-0.2, 0) is 9.53 Å². The molecular weight excluding hydrogens is 233 g/mol. The first-order valence-electron chi connectivity index (χ1n) is 6.35. The fraction of sp³-hybridized carbons (Fsp3) is 0.500. The van der Waals surface area contributed by atoms with Gasteiger partial charge in [0.15, 0.2) is 0 Å². The van der Waals surface area contributed by atoms with Gasteiger partial charge in [-0.05, 0) is 37.6 Å². The van der Waals surface area contributed by atoms with Crippen LogP contribution in [0.2, 0.25) is 0 Å². The minimum Gasteiger partial charge on any atom is -0.466 e. The molecule has 1 heterocycles. The van der Waals surface area contributed by atoms with E-state index in [2.05, 4.69) is 5.32 Å². The summed E-state index contributed by atoms with van der Waals surface area (Å²) in [6, 6.07) is 6.47. The molecule has 1 saturated heterocycles. The first-order chi connectivity index (χ1) is 8.72. The molecule has 3 nitrogen and oxygen atoms in total. The Morgan fingerprint density at radius 3 is 3.11 bits per heavy atom. The quantitative estimate of drug-likeness (QED) is 0.836. The molecule has 1 N–H and O–H groups in total. The van der Waals surface area contributed by atoms with Crippen molar-refractivity contribution in [2.24, 2.45) is 5.92 Å². The summed E-state index contributed by atoms with van der Waals surface area (Å²) >= 11 is 0. The van der Waals surface area contributed by atoms with Gasteiger partial charge in [0.05, 0.1) is 12.5 Å². The third kappa shape index (κ3) is 2.88. The maximum atomic E-state index is 13.3. The summed E-state index contributed by atoms with van der Waals surface area (Å²) in [5, 5.41) is 3.25. The Morgan fingerprint density at radius 2 is 2.39 bits per heavy atom. The average molecular weight is 251 g/mol. The Bertz CT molecular complexity index is 422.